The highest BCUT2D eigenvalue weighted by molar-refractivity contribution is 7.99. The number of rotatable bonds is 11. The molecular formula is C40H40ClF10N7O2S2. The van der Waals surface area contributed by atoms with Gasteiger partial charge in [-0.15, -0.1) is 0 Å². The summed E-state index contributed by atoms with van der Waals surface area (Å²) in [6.45, 7) is 4.38. The molecular weight excluding hydrogens is 900 g/mol. The summed E-state index contributed by atoms with van der Waals surface area (Å²) in [5, 5.41) is 6.67. The number of anilines is 1. The van der Waals surface area contributed by atoms with E-state index >= 15 is 0 Å². The Labute approximate surface area is 361 Å². The maximum atomic E-state index is 14.9. The molecule has 0 radical (unpaired) electrons. The molecule has 9 nitrogen and oxygen atoms in total. The van der Waals surface area contributed by atoms with Crippen molar-refractivity contribution >= 4 is 62.7 Å². The third-order valence-corrected chi connectivity index (χ3v) is 11.4. The first kappa shape index (κ1) is 49.8. The molecule has 2 unspecified atom stereocenters. The van der Waals surface area contributed by atoms with Gasteiger partial charge < -0.3 is 15.8 Å². The van der Waals surface area contributed by atoms with Crippen LogP contribution in [0.1, 0.15) is 63.5 Å². The van der Waals surface area contributed by atoms with Gasteiger partial charge in [0.1, 0.15) is 46.6 Å². The van der Waals surface area contributed by atoms with E-state index in [1.165, 1.54) is 30.5 Å². The first-order valence-corrected chi connectivity index (χ1v) is 21.6. The van der Waals surface area contributed by atoms with Crippen molar-refractivity contribution in [1.29, 1.82) is 0 Å². The Morgan fingerprint density at radius 3 is 2.27 bits per heavy atom. The summed E-state index contributed by atoms with van der Waals surface area (Å²) in [7, 11) is -1.48. The molecule has 62 heavy (non-hydrogen) atoms. The lowest BCUT2D eigenvalue weighted by Crippen LogP contribution is -2.34. The number of hydrogen-bond donors (Lipinski definition) is 3. The molecule has 336 valence electrons. The van der Waals surface area contributed by atoms with E-state index in [-0.39, 0.29) is 49.8 Å². The molecule has 1 amide bonds. The zero-order valence-corrected chi connectivity index (χ0v) is 36.2. The van der Waals surface area contributed by atoms with Crippen LogP contribution in [0.5, 0.6) is 0 Å². The molecule has 2 aromatic carbocycles. The summed E-state index contributed by atoms with van der Waals surface area (Å²) in [4.78, 5) is 21.8. The topological polar surface area (TPSA) is 127 Å². The quantitative estimate of drug-likeness (QED) is 0.0777. The van der Waals surface area contributed by atoms with Crippen LogP contribution in [-0.2, 0) is 28.6 Å². The van der Waals surface area contributed by atoms with E-state index in [0.717, 1.165) is 24.1 Å². The number of amides is 1. The first-order valence-electron chi connectivity index (χ1n) is 18.5. The van der Waals surface area contributed by atoms with Crippen LogP contribution < -0.4 is 15.8 Å². The Bertz CT molecular complexity index is 2450. The van der Waals surface area contributed by atoms with Crippen molar-refractivity contribution in [3.05, 3.63) is 87.3 Å². The smallest absolute Gasteiger partial charge is 0.394 e. The predicted octanol–water partition coefficient (Wildman–Crippen LogP) is 9.86. The van der Waals surface area contributed by atoms with E-state index in [4.69, 9.17) is 17.3 Å². The Morgan fingerprint density at radius 1 is 1.06 bits per heavy atom. The first-order chi connectivity index (χ1) is 28.8. The number of carbonyl (C=O) groups is 1. The molecule has 22 heteroatoms. The average molecular weight is 940 g/mol. The van der Waals surface area contributed by atoms with Gasteiger partial charge in [-0.1, -0.05) is 49.4 Å². The molecule has 2 heterocycles. The highest BCUT2D eigenvalue weighted by Gasteiger charge is 2.48. The lowest BCUT2D eigenvalue weighted by molar-refractivity contribution is -0.141. The van der Waals surface area contributed by atoms with E-state index < -0.39 is 107 Å². The standard InChI is InChI=1S/C38H34ClF10N7O2S2.C2H6/c1-35(2,60(4)58)11-9-22-5-6-23(24-7-8-26(39)29-31(24)56(18-37(44,45)46)54-34(29)55-59-3)30(52-22)27(15-19-13-20(40)16-21(41)14-19)53-28(57)17-51-33-25(10-12-36(33,42)43)32(50)38(47,48)49;1-2/h5-8,13-14,16,27H,10,12,15,17-18,50H2,1-4H3,(H,53,57)(H,54,55);1-2H3/b32-25-,51-33?;. The summed E-state index contributed by atoms with van der Waals surface area (Å²) >= 11 is 7.55. The van der Waals surface area contributed by atoms with E-state index in [9.17, 15) is 52.9 Å². The van der Waals surface area contributed by atoms with Crippen molar-refractivity contribution in [2.45, 2.75) is 82.6 Å². The summed E-state index contributed by atoms with van der Waals surface area (Å²) in [6, 6.07) is 6.37. The molecule has 1 aliphatic carbocycles. The molecule has 1 saturated carbocycles. The van der Waals surface area contributed by atoms with Crippen LogP contribution in [0.4, 0.5) is 49.7 Å². The van der Waals surface area contributed by atoms with Crippen LogP contribution in [0.2, 0.25) is 5.02 Å². The Morgan fingerprint density at radius 2 is 1.69 bits per heavy atom. The number of fused-ring (bicyclic) bond motifs is 1. The van der Waals surface area contributed by atoms with Crippen LogP contribution in [0, 0.1) is 23.5 Å². The molecule has 5 rings (SSSR count). The van der Waals surface area contributed by atoms with Crippen LogP contribution in [0.15, 0.2) is 58.7 Å². The summed E-state index contributed by atoms with van der Waals surface area (Å²) in [5.74, 6) is -1.55. The number of halogens is 11. The Kier molecular flexibility index (Phi) is 15.8. The number of benzene rings is 2. The van der Waals surface area contributed by atoms with E-state index in [1.807, 2.05) is 13.8 Å². The highest BCUT2D eigenvalue weighted by Crippen LogP contribution is 2.42. The highest BCUT2D eigenvalue weighted by atomic mass is 35.5. The molecule has 0 bridgehead atoms. The number of aliphatic imine (C=N–C) groups is 1. The molecule has 0 spiro atoms. The number of pyridine rings is 1. The minimum Gasteiger partial charge on any atom is -0.394 e. The summed E-state index contributed by atoms with van der Waals surface area (Å²) in [5.41, 5.74) is 0.605. The van der Waals surface area contributed by atoms with Crippen LogP contribution in [0.3, 0.4) is 0 Å². The summed E-state index contributed by atoms with van der Waals surface area (Å²) < 4.78 is 156. The second kappa shape index (κ2) is 19.7. The second-order valence-corrected chi connectivity index (χ2v) is 16.9. The summed E-state index contributed by atoms with van der Waals surface area (Å²) in [6.07, 6.45) is -9.33. The Hall–Kier alpha value is -4.81. The van der Waals surface area contributed by atoms with Crippen LogP contribution in [-0.4, -0.2) is 72.7 Å². The SMILES string of the molecule is CC.CSNc1nn(CC(F)(F)F)c2c(-c3ccc(C#CC(C)(C)S(C)=O)nc3C(Cc3cc(F)cc(F)c3)NC(=O)CN=C3/C(=C(\N)C(F)(F)F)CCC3(F)F)ccc(Cl)c12. The molecule has 0 aliphatic heterocycles. The zero-order valence-electron chi connectivity index (χ0n) is 33.8. The van der Waals surface area contributed by atoms with Gasteiger partial charge in [0.25, 0.3) is 5.92 Å². The lowest BCUT2D eigenvalue weighted by atomic mass is 9.93. The minimum absolute atomic E-state index is 0.00647. The van der Waals surface area contributed by atoms with Gasteiger partial charge >= 0.3 is 12.4 Å². The maximum Gasteiger partial charge on any atom is 0.431 e. The normalized spacial score (nSPS) is 16.6. The third kappa shape index (κ3) is 12.0. The van der Waals surface area contributed by atoms with Gasteiger partial charge in [0, 0.05) is 52.5 Å². The second-order valence-electron chi connectivity index (χ2n) is 14.0. The van der Waals surface area contributed by atoms with Gasteiger partial charge in [-0.2, -0.15) is 40.2 Å². The van der Waals surface area contributed by atoms with Gasteiger partial charge in [-0.3, -0.25) is 18.7 Å². The zero-order chi connectivity index (χ0) is 46.5. The van der Waals surface area contributed by atoms with E-state index in [0.29, 0.717) is 10.7 Å². The van der Waals surface area contributed by atoms with Crippen LogP contribution in [0.25, 0.3) is 22.0 Å². The number of carbonyl (C=O) groups excluding carboxylic acids is 1. The number of allylic oxidation sites excluding steroid dienone is 2. The molecule has 0 saturated heterocycles. The average Bonchev–Trinajstić information content (AvgIpc) is 3.67. The van der Waals surface area contributed by atoms with Crippen molar-refractivity contribution in [3.63, 3.8) is 0 Å². The largest absolute Gasteiger partial charge is 0.431 e. The number of nitrogens with two attached hydrogens (primary N) is 1. The van der Waals surface area contributed by atoms with Crippen molar-refractivity contribution in [2.75, 3.05) is 23.8 Å². The third-order valence-electron chi connectivity index (χ3n) is 9.16. The fraction of sp³-hybridized carbons (Fsp3) is 0.400. The minimum atomic E-state index is -5.18. The molecule has 1 fully saturated rings. The number of alkyl halides is 8. The Balaban J connectivity index is 0.00000416. The molecule has 4 aromatic rings. The van der Waals surface area contributed by atoms with Gasteiger partial charge in [-0.05, 0) is 68.5 Å². The van der Waals surface area contributed by atoms with E-state index in [2.05, 4.69) is 37.0 Å². The number of nitrogens with zero attached hydrogens (tertiary/aromatic N) is 4. The van der Waals surface area contributed by atoms with Crippen molar-refractivity contribution in [2.24, 2.45) is 10.7 Å². The van der Waals surface area contributed by atoms with Gasteiger partial charge in [0.2, 0.25) is 5.91 Å². The lowest BCUT2D eigenvalue weighted by Gasteiger charge is -2.23. The predicted molar refractivity (Wildman–Crippen MR) is 222 cm³/mol. The molecule has 2 atom stereocenters. The number of nitrogens with one attached hydrogen (secondary N) is 2. The van der Waals surface area contributed by atoms with Gasteiger partial charge in [-0.25, -0.2) is 13.8 Å². The molecule has 1 aliphatic rings. The number of aromatic nitrogens is 3. The molecule has 2 aromatic heterocycles. The van der Waals surface area contributed by atoms with Crippen molar-refractivity contribution in [3.8, 4) is 23.0 Å². The van der Waals surface area contributed by atoms with E-state index in [1.54, 1.807) is 20.1 Å². The number of hydrogen-bond acceptors (Lipinski definition) is 8. The van der Waals surface area contributed by atoms with Crippen molar-refractivity contribution in [1.82, 2.24) is 20.1 Å². The van der Waals surface area contributed by atoms with Crippen LogP contribution >= 0.6 is 23.5 Å². The van der Waals surface area contributed by atoms with Gasteiger partial charge in [0.15, 0.2) is 5.82 Å². The monoisotopic (exact) mass is 939 g/mol. The molecule has 4 N–H and O–H groups in total. The fourth-order valence-electron chi connectivity index (χ4n) is 6.23. The fourth-order valence-corrected chi connectivity index (χ4v) is 7.00. The van der Waals surface area contributed by atoms with Crippen molar-refractivity contribution < 1.29 is 52.9 Å². The maximum absolute atomic E-state index is 14.9. The van der Waals surface area contributed by atoms with Gasteiger partial charge in [0.05, 0.1) is 27.7 Å².